The van der Waals surface area contributed by atoms with E-state index in [9.17, 15) is 13.6 Å². The SMILES string of the molecule is Nc1nc2[nH]cc(C=NCc3ccc(F)cc3F)c2c(=O)[nH]1. The van der Waals surface area contributed by atoms with E-state index in [2.05, 4.69) is 19.9 Å². The zero-order chi connectivity index (χ0) is 15.7. The third kappa shape index (κ3) is 2.58. The Morgan fingerprint density at radius 2 is 2.18 bits per heavy atom. The van der Waals surface area contributed by atoms with Crippen LogP contribution in [0.25, 0.3) is 11.0 Å². The van der Waals surface area contributed by atoms with Gasteiger partial charge in [-0.3, -0.25) is 14.8 Å². The molecular weight excluding hydrogens is 292 g/mol. The van der Waals surface area contributed by atoms with Gasteiger partial charge < -0.3 is 10.7 Å². The van der Waals surface area contributed by atoms with Gasteiger partial charge in [-0.1, -0.05) is 6.07 Å². The maximum atomic E-state index is 13.5. The molecule has 6 nitrogen and oxygen atoms in total. The van der Waals surface area contributed by atoms with Crippen LogP contribution in [0.3, 0.4) is 0 Å². The number of benzene rings is 1. The molecule has 0 amide bonds. The van der Waals surface area contributed by atoms with E-state index in [4.69, 9.17) is 5.73 Å². The van der Waals surface area contributed by atoms with Crippen LogP contribution in [0.4, 0.5) is 14.7 Å². The van der Waals surface area contributed by atoms with Gasteiger partial charge in [0.15, 0.2) is 0 Å². The fourth-order valence-corrected chi connectivity index (χ4v) is 2.08. The molecule has 3 rings (SSSR count). The molecule has 0 saturated heterocycles. The molecule has 1 aromatic carbocycles. The number of nitrogens with one attached hydrogen (secondary N) is 2. The number of H-pyrrole nitrogens is 2. The van der Waals surface area contributed by atoms with Crippen molar-refractivity contribution < 1.29 is 8.78 Å². The van der Waals surface area contributed by atoms with Crippen molar-refractivity contribution in [2.24, 2.45) is 4.99 Å². The summed E-state index contributed by atoms with van der Waals surface area (Å²) in [4.78, 5) is 25.1. The molecule has 22 heavy (non-hydrogen) atoms. The molecule has 0 unspecified atom stereocenters. The maximum absolute atomic E-state index is 13.5. The molecule has 0 aliphatic rings. The molecule has 4 N–H and O–H groups in total. The number of rotatable bonds is 3. The number of aliphatic imine (C=N–C) groups is 1. The molecule has 112 valence electrons. The Kier molecular flexibility index (Phi) is 3.42. The highest BCUT2D eigenvalue weighted by Gasteiger charge is 2.08. The second kappa shape index (κ2) is 5.40. The molecule has 0 radical (unpaired) electrons. The first kappa shape index (κ1) is 13.9. The van der Waals surface area contributed by atoms with Gasteiger partial charge in [0.05, 0.1) is 11.9 Å². The molecule has 2 aromatic heterocycles. The summed E-state index contributed by atoms with van der Waals surface area (Å²) in [6.45, 7) is 0.0269. The average Bonchev–Trinajstić information content (AvgIpc) is 2.84. The number of aromatic amines is 2. The third-order valence-electron chi connectivity index (χ3n) is 3.10. The molecule has 0 bridgehead atoms. The fourth-order valence-electron chi connectivity index (χ4n) is 2.08. The van der Waals surface area contributed by atoms with Gasteiger partial charge >= 0.3 is 0 Å². The third-order valence-corrected chi connectivity index (χ3v) is 3.10. The summed E-state index contributed by atoms with van der Waals surface area (Å²) in [6.07, 6.45) is 2.98. The highest BCUT2D eigenvalue weighted by Crippen LogP contribution is 2.13. The topological polar surface area (TPSA) is 99.9 Å². The van der Waals surface area contributed by atoms with Crippen LogP contribution in [0, 0.1) is 11.6 Å². The van der Waals surface area contributed by atoms with Crippen LogP contribution in [0.1, 0.15) is 11.1 Å². The maximum Gasteiger partial charge on any atom is 0.262 e. The van der Waals surface area contributed by atoms with Crippen molar-refractivity contribution in [1.29, 1.82) is 0 Å². The summed E-state index contributed by atoms with van der Waals surface area (Å²) in [6, 6.07) is 3.29. The van der Waals surface area contributed by atoms with Crippen LogP contribution in [0.15, 0.2) is 34.2 Å². The Bertz CT molecular complexity index is 929. The molecule has 8 heteroatoms. The molecule has 0 atom stereocenters. The van der Waals surface area contributed by atoms with Gasteiger partial charge in [-0.15, -0.1) is 0 Å². The number of anilines is 1. The predicted molar refractivity (Wildman–Crippen MR) is 78.8 cm³/mol. The number of halogens is 2. The van der Waals surface area contributed by atoms with Crippen molar-refractivity contribution >= 4 is 23.2 Å². The minimum Gasteiger partial charge on any atom is -0.369 e. The zero-order valence-corrected chi connectivity index (χ0v) is 11.2. The van der Waals surface area contributed by atoms with Crippen LogP contribution < -0.4 is 11.3 Å². The lowest BCUT2D eigenvalue weighted by atomic mass is 10.2. The standard InChI is InChI=1S/C14H11F2N5O/c15-9-2-1-7(10(16)3-9)4-18-5-8-6-19-12-11(8)13(22)21-14(17)20-12/h1-3,5-6H,4H2,(H4,17,19,20,21,22). The van der Waals surface area contributed by atoms with Crippen molar-refractivity contribution in [2.75, 3.05) is 5.73 Å². The van der Waals surface area contributed by atoms with E-state index < -0.39 is 17.2 Å². The Morgan fingerprint density at radius 1 is 1.36 bits per heavy atom. The van der Waals surface area contributed by atoms with Crippen molar-refractivity contribution in [3.05, 3.63) is 57.5 Å². The fraction of sp³-hybridized carbons (Fsp3) is 0.0714. The van der Waals surface area contributed by atoms with E-state index >= 15 is 0 Å². The molecule has 0 aliphatic heterocycles. The van der Waals surface area contributed by atoms with Crippen LogP contribution in [0.5, 0.6) is 0 Å². The molecular formula is C14H11F2N5O. The number of aromatic nitrogens is 3. The highest BCUT2D eigenvalue weighted by atomic mass is 19.1. The lowest BCUT2D eigenvalue weighted by Gasteiger charge is -1.98. The second-order valence-corrected chi connectivity index (χ2v) is 4.62. The summed E-state index contributed by atoms with van der Waals surface area (Å²) in [5, 5.41) is 0.317. The van der Waals surface area contributed by atoms with Crippen LogP contribution >= 0.6 is 0 Å². The van der Waals surface area contributed by atoms with Gasteiger partial charge in [0.2, 0.25) is 5.95 Å². The van der Waals surface area contributed by atoms with Gasteiger partial charge in [0, 0.05) is 29.6 Å². The first-order valence-corrected chi connectivity index (χ1v) is 6.35. The van der Waals surface area contributed by atoms with Crippen molar-refractivity contribution in [1.82, 2.24) is 15.0 Å². The van der Waals surface area contributed by atoms with Gasteiger partial charge in [-0.25, -0.2) is 8.78 Å². The molecule has 3 aromatic rings. The average molecular weight is 303 g/mol. The van der Waals surface area contributed by atoms with E-state index in [1.54, 1.807) is 6.20 Å². The Hall–Kier alpha value is -3.03. The number of hydrogen-bond donors (Lipinski definition) is 3. The first-order chi connectivity index (χ1) is 10.5. The predicted octanol–water partition coefficient (Wildman–Crippen LogP) is 1.73. The zero-order valence-electron chi connectivity index (χ0n) is 11.2. The molecule has 2 heterocycles. The number of nitrogen functional groups attached to an aromatic ring is 1. The van der Waals surface area contributed by atoms with Crippen LogP contribution in [-0.2, 0) is 6.54 Å². The summed E-state index contributed by atoms with van der Waals surface area (Å²) >= 11 is 0. The number of fused-ring (bicyclic) bond motifs is 1. The largest absolute Gasteiger partial charge is 0.369 e. The summed E-state index contributed by atoms with van der Waals surface area (Å²) in [7, 11) is 0. The van der Waals surface area contributed by atoms with Gasteiger partial charge in [0.1, 0.15) is 17.3 Å². The van der Waals surface area contributed by atoms with Crippen molar-refractivity contribution in [3.63, 3.8) is 0 Å². The van der Waals surface area contributed by atoms with Gasteiger partial charge in [-0.2, -0.15) is 4.98 Å². The van der Waals surface area contributed by atoms with Gasteiger partial charge in [0.25, 0.3) is 5.56 Å². The Balaban J connectivity index is 1.88. The van der Waals surface area contributed by atoms with Crippen LogP contribution in [0.2, 0.25) is 0 Å². The molecule has 0 fully saturated rings. The lowest BCUT2D eigenvalue weighted by Crippen LogP contribution is -2.11. The quantitative estimate of drug-likeness (QED) is 0.642. The summed E-state index contributed by atoms with van der Waals surface area (Å²) in [5.41, 5.74) is 6.16. The van der Waals surface area contributed by atoms with E-state index in [-0.39, 0.29) is 18.1 Å². The van der Waals surface area contributed by atoms with E-state index in [1.807, 2.05) is 0 Å². The summed E-state index contributed by atoms with van der Waals surface area (Å²) < 4.78 is 26.3. The van der Waals surface area contributed by atoms with E-state index in [0.29, 0.717) is 16.6 Å². The van der Waals surface area contributed by atoms with E-state index in [1.165, 1.54) is 12.3 Å². The smallest absolute Gasteiger partial charge is 0.262 e. The molecule has 0 spiro atoms. The number of nitrogens with two attached hydrogens (primary N) is 1. The second-order valence-electron chi connectivity index (χ2n) is 4.62. The minimum atomic E-state index is -0.664. The first-order valence-electron chi connectivity index (χ1n) is 6.35. The van der Waals surface area contributed by atoms with Gasteiger partial charge in [-0.05, 0) is 6.07 Å². The molecule has 0 saturated carbocycles. The lowest BCUT2D eigenvalue weighted by molar-refractivity contribution is 0.573. The minimum absolute atomic E-state index is 0.0104. The number of hydrogen-bond acceptors (Lipinski definition) is 4. The number of nitrogens with zero attached hydrogens (tertiary/aromatic N) is 2. The Morgan fingerprint density at radius 3 is 2.95 bits per heavy atom. The molecule has 0 aliphatic carbocycles. The van der Waals surface area contributed by atoms with Crippen molar-refractivity contribution in [3.8, 4) is 0 Å². The summed E-state index contributed by atoms with van der Waals surface area (Å²) in [5.74, 6) is -1.29. The van der Waals surface area contributed by atoms with E-state index in [0.717, 1.165) is 12.1 Å². The Labute approximate surface area is 122 Å². The monoisotopic (exact) mass is 303 g/mol. The van der Waals surface area contributed by atoms with Crippen molar-refractivity contribution in [2.45, 2.75) is 6.54 Å². The normalized spacial score (nSPS) is 11.5. The van der Waals surface area contributed by atoms with Crippen LogP contribution in [-0.4, -0.2) is 21.2 Å². The highest BCUT2D eigenvalue weighted by molar-refractivity contribution is 5.97.